The van der Waals surface area contributed by atoms with E-state index in [0.717, 1.165) is 17.3 Å². The molecule has 0 heterocycles. The molecule has 0 aromatic heterocycles. The van der Waals surface area contributed by atoms with Crippen LogP contribution in [0.25, 0.3) is 0 Å². The number of nitrogens with zero attached hydrogens (tertiary/aromatic N) is 1. The highest BCUT2D eigenvalue weighted by molar-refractivity contribution is 9.10. The number of carbonyl (C=O) groups excluding carboxylic acids is 1. The second kappa shape index (κ2) is 6.80. The van der Waals surface area contributed by atoms with Gasteiger partial charge in [-0.1, -0.05) is 15.9 Å². The van der Waals surface area contributed by atoms with E-state index >= 15 is 0 Å². The minimum Gasteiger partial charge on any atom is -0.497 e. The minimum atomic E-state index is -0.905. The van der Waals surface area contributed by atoms with Gasteiger partial charge in [0.25, 0.3) is 0 Å². The fraction of sp³-hybridized carbons (Fsp3) is 0.429. The van der Waals surface area contributed by atoms with Gasteiger partial charge < -0.3 is 20.1 Å². The van der Waals surface area contributed by atoms with E-state index in [4.69, 9.17) is 9.84 Å². The van der Waals surface area contributed by atoms with E-state index < -0.39 is 5.97 Å². The van der Waals surface area contributed by atoms with E-state index in [2.05, 4.69) is 21.2 Å². The number of carboxylic acid groups (broad SMARTS) is 1. The average molecular weight is 357 g/mol. The first-order chi connectivity index (χ1) is 9.99. The second-order valence-electron chi connectivity index (χ2n) is 4.88. The van der Waals surface area contributed by atoms with Crippen LogP contribution >= 0.6 is 15.9 Å². The highest BCUT2D eigenvalue weighted by Crippen LogP contribution is 2.29. The molecular formula is C14H17BrN2O4. The van der Waals surface area contributed by atoms with Gasteiger partial charge in [0.1, 0.15) is 5.75 Å². The molecule has 0 spiro atoms. The number of anilines is 1. The molecule has 0 radical (unpaired) electrons. The summed E-state index contributed by atoms with van der Waals surface area (Å²) in [6.07, 6.45) is 1.80. The van der Waals surface area contributed by atoms with Gasteiger partial charge in [-0.25, -0.2) is 4.79 Å². The van der Waals surface area contributed by atoms with Crippen molar-refractivity contribution in [2.75, 3.05) is 19.0 Å². The van der Waals surface area contributed by atoms with Crippen LogP contribution in [0.2, 0.25) is 0 Å². The van der Waals surface area contributed by atoms with Crippen molar-refractivity contribution in [1.29, 1.82) is 0 Å². The predicted molar refractivity (Wildman–Crippen MR) is 81.7 cm³/mol. The number of hydrogen-bond donors (Lipinski definition) is 2. The highest BCUT2D eigenvalue weighted by atomic mass is 79.9. The van der Waals surface area contributed by atoms with Gasteiger partial charge in [-0.05, 0) is 25.0 Å². The molecule has 0 aliphatic heterocycles. The van der Waals surface area contributed by atoms with Crippen molar-refractivity contribution in [2.45, 2.75) is 25.3 Å². The van der Waals surface area contributed by atoms with Gasteiger partial charge >= 0.3 is 12.0 Å². The molecule has 1 aromatic carbocycles. The number of methoxy groups -OCH3 is 1. The molecule has 1 aliphatic rings. The SMILES string of the molecule is COc1cc(Br)cc(NC(=O)N(CCC(=O)O)C2CC2)c1. The van der Waals surface area contributed by atoms with E-state index in [0.29, 0.717) is 11.4 Å². The van der Waals surface area contributed by atoms with Gasteiger partial charge in [0.2, 0.25) is 0 Å². The Labute approximate surface area is 131 Å². The van der Waals surface area contributed by atoms with Crippen molar-refractivity contribution in [3.05, 3.63) is 22.7 Å². The van der Waals surface area contributed by atoms with Crippen molar-refractivity contribution in [3.8, 4) is 5.75 Å². The Morgan fingerprint density at radius 1 is 1.43 bits per heavy atom. The van der Waals surface area contributed by atoms with Crippen LogP contribution < -0.4 is 10.1 Å². The number of aliphatic carboxylic acids is 1. The van der Waals surface area contributed by atoms with Crippen molar-refractivity contribution in [1.82, 2.24) is 4.90 Å². The summed E-state index contributed by atoms with van der Waals surface area (Å²) < 4.78 is 5.94. The topological polar surface area (TPSA) is 78.9 Å². The quantitative estimate of drug-likeness (QED) is 0.821. The molecule has 2 N–H and O–H groups in total. The lowest BCUT2D eigenvalue weighted by Gasteiger charge is -2.22. The standard InChI is InChI=1S/C14H17BrN2O4/c1-21-12-7-9(15)6-10(8-12)16-14(20)17(11-2-3-11)5-4-13(18)19/h6-8,11H,2-5H2,1H3,(H,16,20)(H,18,19). The van der Waals surface area contributed by atoms with Crippen LogP contribution in [0.15, 0.2) is 22.7 Å². The lowest BCUT2D eigenvalue weighted by molar-refractivity contribution is -0.137. The van der Waals surface area contributed by atoms with E-state index in [1.807, 2.05) is 0 Å². The molecule has 21 heavy (non-hydrogen) atoms. The summed E-state index contributed by atoms with van der Waals surface area (Å²) in [6, 6.07) is 5.14. The number of urea groups is 1. The van der Waals surface area contributed by atoms with Gasteiger partial charge in [-0.15, -0.1) is 0 Å². The van der Waals surface area contributed by atoms with Crippen molar-refractivity contribution in [3.63, 3.8) is 0 Å². The summed E-state index contributed by atoms with van der Waals surface area (Å²) >= 11 is 3.35. The maximum absolute atomic E-state index is 12.3. The fourth-order valence-electron chi connectivity index (χ4n) is 2.00. The first-order valence-corrected chi connectivity index (χ1v) is 7.43. The molecule has 1 aliphatic carbocycles. The van der Waals surface area contributed by atoms with Crippen molar-refractivity contribution < 1.29 is 19.4 Å². The fourth-order valence-corrected chi connectivity index (χ4v) is 2.47. The van der Waals surface area contributed by atoms with E-state index in [1.54, 1.807) is 30.2 Å². The lowest BCUT2D eigenvalue weighted by Crippen LogP contribution is -2.38. The zero-order valence-electron chi connectivity index (χ0n) is 11.6. The second-order valence-corrected chi connectivity index (χ2v) is 5.79. The number of halogens is 1. The molecule has 6 nitrogen and oxygen atoms in total. The van der Waals surface area contributed by atoms with Crippen LogP contribution in [0.4, 0.5) is 10.5 Å². The van der Waals surface area contributed by atoms with E-state index in [-0.39, 0.29) is 25.0 Å². The minimum absolute atomic E-state index is 0.0499. The molecule has 1 aromatic rings. The average Bonchev–Trinajstić information content (AvgIpc) is 3.22. The Hall–Kier alpha value is -1.76. The summed E-state index contributed by atoms with van der Waals surface area (Å²) in [6.45, 7) is 0.219. The number of carboxylic acids is 1. The third-order valence-electron chi connectivity index (χ3n) is 3.17. The number of benzene rings is 1. The van der Waals surface area contributed by atoms with E-state index in [1.165, 1.54) is 0 Å². The smallest absolute Gasteiger partial charge is 0.322 e. The largest absolute Gasteiger partial charge is 0.497 e. The predicted octanol–water partition coefficient (Wildman–Crippen LogP) is 2.93. The van der Waals surface area contributed by atoms with Gasteiger partial charge in [0.15, 0.2) is 0 Å². The molecular weight excluding hydrogens is 340 g/mol. The van der Waals surface area contributed by atoms with Crippen LogP contribution in [0.3, 0.4) is 0 Å². The number of ether oxygens (including phenoxy) is 1. The number of amides is 2. The summed E-state index contributed by atoms with van der Waals surface area (Å²) in [7, 11) is 1.55. The maximum atomic E-state index is 12.3. The van der Waals surface area contributed by atoms with Gasteiger partial charge in [0.05, 0.1) is 13.5 Å². The number of hydrogen-bond acceptors (Lipinski definition) is 3. The van der Waals surface area contributed by atoms with Crippen LogP contribution in [-0.2, 0) is 4.79 Å². The third kappa shape index (κ3) is 4.63. The summed E-state index contributed by atoms with van der Waals surface area (Å²) in [4.78, 5) is 24.5. The zero-order valence-corrected chi connectivity index (χ0v) is 13.2. The summed E-state index contributed by atoms with van der Waals surface area (Å²) in [5.41, 5.74) is 0.604. The monoisotopic (exact) mass is 356 g/mol. The Bertz CT molecular complexity index is 546. The normalized spacial score (nSPS) is 13.6. The van der Waals surface area contributed by atoms with Crippen molar-refractivity contribution >= 4 is 33.6 Å². The molecule has 0 saturated heterocycles. The third-order valence-corrected chi connectivity index (χ3v) is 3.63. The number of rotatable bonds is 6. The van der Waals surface area contributed by atoms with Gasteiger partial charge in [-0.3, -0.25) is 4.79 Å². The molecule has 0 atom stereocenters. The van der Waals surface area contributed by atoms with Crippen LogP contribution in [0, 0.1) is 0 Å². The first kappa shape index (κ1) is 15.6. The Balaban J connectivity index is 2.04. The lowest BCUT2D eigenvalue weighted by atomic mass is 10.3. The Morgan fingerprint density at radius 2 is 2.14 bits per heavy atom. The van der Waals surface area contributed by atoms with Gasteiger partial charge in [0, 0.05) is 28.8 Å². The molecule has 2 rings (SSSR count). The number of carbonyl (C=O) groups is 2. The first-order valence-electron chi connectivity index (χ1n) is 6.63. The number of nitrogens with one attached hydrogen (secondary N) is 1. The zero-order chi connectivity index (χ0) is 15.4. The van der Waals surface area contributed by atoms with Gasteiger partial charge in [-0.2, -0.15) is 0 Å². The molecule has 7 heteroatoms. The maximum Gasteiger partial charge on any atom is 0.322 e. The molecule has 0 bridgehead atoms. The summed E-state index contributed by atoms with van der Waals surface area (Å²) in [5.74, 6) is -0.277. The van der Waals surface area contributed by atoms with Crippen LogP contribution in [-0.4, -0.2) is 41.7 Å². The van der Waals surface area contributed by atoms with Crippen LogP contribution in [0.5, 0.6) is 5.75 Å². The highest BCUT2D eigenvalue weighted by Gasteiger charge is 2.32. The molecule has 2 amide bonds. The van der Waals surface area contributed by atoms with Crippen molar-refractivity contribution in [2.24, 2.45) is 0 Å². The van der Waals surface area contributed by atoms with E-state index in [9.17, 15) is 9.59 Å². The Kier molecular flexibility index (Phi) is 5.06. The molecule has 114 valence electrons. The molecule has 1 fully saturated rings. The molecule has 0 unspecified atom stereocenters. The Morgan fingerprint density at radius 3 is 2.71 bits per heavy atom. The van der Waals surface area contributed by atoms with Crippen LogP contribution in [0.1, 0.15) is 19.3 Å². The molecule has 1 saturated carbocycles. The summed E-state index contributed by atoms with van der Waals surface area (Å²) in [5, 5.41) is 11.5.